The summed E-state index contributed by atoms with van der Waals surface area (Å²) in [5.74, 6) is 0. The fraction of sp³-hybridized carbons (Fsp3) is 0. The number of hydrogen-bond donors (Lipinski definition) is 0. The SMILES string of the molecule is N#Cc1cc(C(=O)Cl)cc([N+](=O)[O-])c1C=O. The van der Waals surface area contributed by atoms with Gasteiger partial charge in [0.25, 0.3) is 10.9 Å². The summed E-state index contributed by atoms with van der Waals surface area (Å²) in [5.41, 5.74) is -1.43. The van der Waals surface area contributed by atoms with E-state index in [2.05, 4.69) is 0 Å². The summed E-state index contributed by atoms with van der Waals surface area (Å²) in [7, 11) is 0. The molecule has 0 unspecified atom stereocenters. The molecule has 0 amide bonds. The van der Waals surface area contributed by atoms with E-state index in [0.29, 0.717) is 0 Å². The summed E-state index contributed by atoms with van der Waals surface area (Å²) in [5, 5.41) is 18.3. The van der Waals surface area contributed by atoms with Crippen molar-refractivity contribution in [1.29, 1.82) is 5.26 Å². The third kappa shape index (κ3) is 2.04. The normalized spacial score (nSPS) is 9.25. The van der Waals surface area contributed by atoms with Crippen LogP contribution in [-0.4, -0.2) is 16.5 Å². The second kappa shape index (κ2) is 4.51. The number of carbonyl (C=O) groups excluding carboxylic acids is 2. The molecule has 0 aliphatic rings. The number of nitro groups is 1. The molecule has 0 N–H and O–H groups in total. The molecular weight excluding hydrogens is 236 g/mol. The maximum atomic E-state index is 10.8. The van der Waals surface area contributed by atoms with Gasteiger partial charge in [-0.1, -0.05) is 0 Å². The number of nitriles is 1. The molecule has 0 saturated carbocycles. The van der Waals surface area contributed by atoms with Crippen LogP contribution in [0.1, 0.15) is 26.3 Å². The van der Waals surface area contributed by atoms with Crippen LogP contribution in [-0.2, 0) is 0 Å². The van der Waals surface area contributed by atoms with Crippen LogP contribution in [0.2, 0.25) is 0 Å². The number of aldehydes is 1. The Morgan fingerprint density at radius 3 is 2.56 bits per heavy atom. The minimum Gasteiger partial charge on any atom is -0.298 e. The summed E-state index contributed by atoms with van der Waals surface area (Å²) >= 11 is 5.15. The summed E-state index contributed by atoms with van der Waals surface area (Å²) in [4.78, 5) is 31.2. The van der Waals surface area contributed by atoms with Gasteiger partial charge in [-0.15, -0.1) is 0 Å². The average molecular weight is 239 g/mol. The molecule has 1 aromatic rings. The van der Waals surface area contributed by atoms with E-state index in [-0.39, 0.29) is 23.0 Å². The van der Waals surface area contributed by atoms with Crippen LogP contribution < -0.4 is 0 Å². The highest BCUT2D eigenvalue weighted by Crippen LogP contribution is 2.23. The van der Waals surface area contributed by atoms with E-state index in [1.807, 2.05) is 0 Å². The minimum absolute atomic E-state index is 0.194. The third-order valence-corrected chi connectivity index (χ3v) is 2.04. The van der Waals surface area contributed by atoms with Gasteiger partial charge >= 0.3 is 0 Å². The lowest BCUT2D eigenvalue weighted by atomic mass is 10.0. The average Bonchev–Trinajstić information content (AvgIpc) is 2.26. The van der Waals surface area contributed by atoms with Gasteiger partial charge in [0.15, 0.2) is 6.29 Å². The first-order valence-electron chi connectivity index (χ1n) is 3.88. The Hall–Kier alpha value is -2.26. The van der Waals surface area contributed by atoms with Gasteiger partial charge in [-0.05, 0) is 17.7 Å². The Morgan fingerprint density at radius 1 is 1.56 bits per heavy atom. The van der Waals surface area contributed by atoms with Crippen molar-refractivity contribution < 1.29 is 14.5 Å². The predicted octanol–water partition coefficient (Wildman–Crippen LogP) is 1.66. The van der Waals surface area contributed by atoms with Crippen molar-refractivity contribution in [3.8, 4) is 6.07 Å². The van der Waals surface area contributed by atoms with Crippen LogP contribution in [0.5, 0.6) is 0 Å². The van der Waals surface area contributed by atoms with Gasteiger partial charge in [-0.2, -0.15) is 5.26 Å². The van der Waals surface area contributed by atoms with E-state index in [9.17, 15) is 19.7 Å². The van der Waals surface area contributed by atoms with Gasteiger partial charge in [0.1, 0.15) is 11.6 Å². The summed E-state index contributed by atoms with van der Waals surface area (Å²) in [6, 6.07) is 3.49. The summed E-state index contributed by atoms with van der Waals surface area (Å²) in [6.07, 6.45) is 0.194. The lowest BCUT2D eigenvalue weighted by molar-refractivity contribution is -0.385. The number of carbonyl (C=O) groups is 2. The Morgan fingerprint density at radius 2 is 2.19 bits per heavy atom. The number of nitrogens with zero attached hydrogens (tertiary/aromatic N) is 2. The van der Waals surface area contributed by atoms with Crippen LogP contribution in [0, 0.1) is 21.4 Å². The molecule has 0 heterocycles. The fourth-order valence-electron chi connectivity index (χ4n) is 1.12. The van der Waals surface area contributed by atoms with Crippen LogP contribution >= 0.6 is 11.6 Å². The molecule has 80 valence electrons. The van der Waals surface area contributed by atoms with E-state index in [1.54, 1.807) is 6.07 Å². The molecule has 0 fully saturated rings. The molecule has 0 aliphatic carbocycles. The molecule has 0 bridgehead atoms. The third-order valence-electron chi connectivity index (χ3n) is 1.82. The van der Waals surface area contributed by atoms with E-state index in [4.69, 9.17) is 16.9 Å². The molecule has 0 atom stereocenters. The predicted molar refractivity (Wildman–Crippen MR) is 53.4 cm³/mol. The first-order chi connectivity index (χ1) is 7.51. The Kier molecular flexibility index (Phi) is 3.33. The van der Waals surface area contributed by atoms with Crippen molar-refractivity contribution >= 4 is 28.8 Å². The molecule has 0 aliphatic heterocycles. The van der Waals surface area contributed by atoms with Gasteiger partial charge in [0.05, 0.1) is 10.5 Å². The maximum absolute atomic E-state index is 10.8. The Labute approximate surface area is 94.2 Å². The number of halogens is 1. The van der Waals surface area contributed by atoms with Crippen molar-refractivity contribution in [2.24, 2.45) is 0 Å². The van der Waals surface area contributed by atoms with Crippen LogP contribution in [0.25, 0.3) is 0 Å². The Bertz CT molecular complexity index is 533. The van der Waals surface area contributed by atoms with Gasteiger partial charge in [0, 0.05) is 11.6 Å². The minimum atomic E-state index is -0.933. The molecule has 0 aromatic heterocycles. The van der Waals surface area contributed by atoms with E-state index in [1.165, 1.54) is 0 Å². The highest BCUT2D eigenvalue weighted by atomic mass is 35.5. The zero-order valence-electron chi connectivity index (χ0n) is 7.64. The monoisotopic (exact) mass is 238 g/mol. The number of hydrogen-bond acceptors (Lipinski definition) is 5. The van der Waals surface area contributed by atoms with Crippen LogP contribution in [0.4, 0.5) is 5.69 Å². The van der Waals surface area contributed by atoms with Crippen molar-refractivity contribution in [1.82, 2.24) is 0 Å². The molecule has 1 rings (SSSR count). The largest absolute Gasteiger partial charge is 0.298 e. The first-order valence-corrected chi connectivity index (χ1v) is 4.26. The van der Waals surface area contributed by atoms with Crippen molar-refractivity contribution in [2.75, 3.05) is 0 Å². The van der Waals surface area contributed by atoms with Crippen LogP contribution in [0.15, 0.2) is 12.1 Å². The second-order valence-electron chi connectivity index (χ2n) is 2.72. The maximum Gasteiger partial charge on any atom is 0.282 e. The van der Waals surface area contributed by atoms with E-state index < -0.39 is 15.9 Å². The molecular formula is C9H3ClN2O4. The number of benzene rings is 1. The molecule has 7 heteroatoms. The zero-order valence-corrected chi connectivity index (χ0v) is 8.39. The fourth-order valence-corrected chi connectivity index (χ4v) is 1.23. The number of rotatable bonds is 3. The lowest BCUT2D eigenvalue weighted by Gasteiger charge is -2.00. The van der Waals surface area contributed by atoms with Gasteiger partial charge < -0.3 is 0 Å². The standard InChI is InChI=1S/C9H3ClN2O4/c10-9(14)5-1-6(3-11)7(4-13)8(2-5)12(15)16/h1-2,4H. The molecule has 0 radical (unpaired) electrons. The van der Waals surface area contributed by atoms with Gasteiger partial charge in [-0.3, -0.25) is 19.7 Å². The zero-order chi connectivity index (χ0) is 12.3. The topological polar surface area (TPSA) is 101 Å². The van der Waals surface area contributed by atoms with Crippen molar-refractivity contribution in [3.63, 3.8) is 0 Å². The Balaban J connectivity index is 3.64. The second-order valence-corrected chi connectivity index (χ2v) is 3.06. The first kappa shape index (κ1) is 11.8. The summed E-state index contributed by atoms with van der Waals surface area (Å²) in [6.45, 7) is 0. The van der Waals surface area contributed by atoms with Crippen LogP contribution in [0.3, 0.4) is 0 Å². The molecule has 6 nitrogen and oxygen atoms in total. The smallest absolute Gasteiger partial charge is 0.282 e. The van der Waals surface area contributed by atoms with Gasteiger partial charge in [-0.25, -0.2) is 0 Å². The highest BCUT2D eigenvalue weighted by molar-refractivity contribution is 6.67. The quantitative estimate of drug-likeness (QED) is 0.345. The highest BCUT2D eigenvalue weighted by Gasteiger charge is 2.20. The van der Waals surface area contributed by atoms with Crippen molar-refractivity contribution in [2.45, 2.75) is 0 Å². The van der Waals surface area contributed by atoms with E-state index >= 15 is 0 Å². The molecule has 16 heavy (non-hydrogen) atoms. The van der Waals surface area contributed by atoms with E-state index in [0.717, 1.165) is 12.1 Å². The van der Waals surface area contributed by atoms with Gasteiger partial charge in [0.2, 0.25) is 0 Å². The number of nitro benzene ring substituents is 1. The molecule has 1 aromatic carbocycles. The lowest BCUT2D eigenvalue weighted by Crippen LogP contribution is -2.01. The summed E-state index contributed by atoms with van der Waals surface area (Å²) < 4.78 is 0. The molecule has 0 saturated heterocycles. The molecule has 0 spiro atoms. The van der Waals surface area contributed by atoms with Crippen molar-refractivity contribution in [3.05, 3.63) is 38.9 Å².